The molecule has 1 saturated heterocycles. The summed E-state index contributed by atoms with van der Waals surface area (Å²) in [6.07, 6.45) is 1.55. The van der Waals surface area contributed by atoms with Crippen molar-refractivity contribution >= 4 is 28.5 Å². The second-order valence-electron chi connectivity index (χ2n) is 2.66. The monoisotopic (exact) mass is 198 g/mol. The molecule has 1 fully saturated rings. The normalized spacial score (nSPS) is 22.2. The molecule has 70 valence electrons. The van der Waals surface area contributed by atoms with Crippen molar-refractivity contribution in [2.45, 2.75) is 12.3 Å². The summed E-state index contributed by atoms with van der Waals surface area (Å²) in [6.45, 7) is 5.23. The lowest BCUT2D eigenvalue weighted by Crippen LogP contribution is -2.37. The number of ketones is 1. The number of carbonyl (C=O) groups is 2. The Hall–Kier alpha value is -1.10. The van der Waals surface area contributed by atoms with E-state index in [0.29, 0.717) is 6.54 Å². The number of Topliss-reactive ketones (excluding diaryl/α,β-unsaturated/α-hetero) is 1. The van der Waals surface area contributed by atoms with Crippen LogP contribution >= 0.6 is 11.8 Å². The Balaban J connectivity index is 2.86. The van der Waals surface area contributed by atoms with Crippen LogP contribution in [0.2, 0.25) is 0 Å². The molecule has 5 heteroatoms. The predicted octanol–water partition coefficient (Wildman–Crippen LogP) is 0.640. The van der Waals surface area contributed by atoms with Gasteiger partial charge < -0.3 is 4.90 Å². The summed E-state index contributed by atoms with van der Waals surface area (Å²) in [4.78, 5) is 23.7. The van der Waals surface area contributed by atoms with Crippen LogP contribution < -0.4 is 0 Å². The van der Waals surface area contributed by atoms with Crippen molar-refractivity contribution in [1.29, 1.82) is 5.41 Å². The maximum absolute atomic E-state index is 11.3. The second kappa shape index (κ2) is 3.74. The molecule has 1 rings (SSSR count). The molecule has 0 aromatic heterocycles. The van der Waals surface area contributed by atoms with E-state index in [1.54, 1.807) is 6.08 Å². The minimum atomic E-state index is -0.530. The Morgan fingerprint density at radius 3 is 2.92 bits per heavy atom. The summed E-state index contributed by atoms with van der Waals surface area (Å²) in [5.74, 6) is -0.493. The van der Waals surface area contributed by atoms with Gasteiger partial charge in [0.1, 0.15) is 5.37 Å². The average Bonchev–Trinajstić information content (AvgIpc) is 2.33. The maximum Gasteiger partial charge on any atom is 0.280 e. The van der Waals surface area contributed by atoms with E-state index in [2.05, 4.69) is 6.58 Å². The van der Waals surface area contributed by atoms with Crippen molar-refractivity contribution in [1.82, 2.24) is 4.90 Å². The number of nitrogens with one attached hydrogen (secondary N) is 1. The van der Waals surface area contributed by atoms with Crippen molar-refractivity contribution in [3.05, 3.63) is 12.7 Å². The Morgan fingerprint density at radius 2 is 2.46 bits per heavy atom. The fraction of sp³-hybridized carbons (Fsp3) is 0.375. The summed E-state index contributed by atoms with van der Waals surface area (Å²) >= 11 is 0.992. The zero-order chi connectivity index (χ0) is 10.0. The molecule has 0 radical (unpaired) electrons. The molecule has 1 unspecified atom stereocenters. The van der Waals surface area contributed by atoms with Gasteiger partial charge in [0.25, 0.3) is 5.91 Å². The summed E-state index contributed by atoms with van der Waals surface area (Å²) < 4.78 is 0. The first-order valence-corrected chi connectivity index (χ1v) is 4.63. The maximum atomic E-state index is 11.3. The van der Waals surface area contributed by atoms with E-state index in [9.17, 15) is 9.59 Å². The molecule has 13 heavy (non-hydrogen) atoms. The molecule has 0 aromatic rings. The third-order valence-corrected chi connectivity index (χ3v) is 2.86. The first-order valence-electron chi connectivity index (χ1n) is 3.75. The highest BCUT2D eigenvalue weighted by atomic mass is 32.2. The summed E-state index contributed by atoms with van der Waals surface area (Å²) in [5.41, 5.74) is 0. The highest BCUT2D eigenvalue weighted by Gasteiger charge is 2.38. The van der Waals surface area contributed by atoms with Crippen LogP contribution in [0.25, 0.3) is 0 Å². The van der Waals surface area contributed by atoms with Crippen LogP contribution in [-0.4, -0.2) is 33.6 Å². The molecule has 0 spiro atoms. The number of carbonyl (C=O) groups excluding carboxylic acids is 2. The Kier molecular flexibility index (Phi) is 2.87. The van der Waals surface area contributed by atoms with E-state index >= 15 is 0 Å². The van der Waals surface area contributed by atoms with Gasteiger partial charge in [-0.1, -0.05) is 17.8 Å². The molecule has 0 aliphatic carbocycles. The van der Waals surface area contributed by atoms with E-state index in [-0.39, 0.29) is 16.7 Å². The van der Waals surface area contributed by atoms with Gasteiger partial charge in [-0.15, -0.1) is 6.58 Å². The number of thioether (sulfide) groups is 1. The summed E-state index contributed by atoms with van der Waals surface area (Å²) in [6, 6.07) is 0. The van der Waals surface area contributed by atoms with E-state index in [0.717, 1.165) is 11.8 Å². The van der Waals surface area contributed by atoms with Gasteiger partial charge >= 0.3 is 0 Å². The zero-order valence-electron chi connectivity index (χ0n) is 7.24. The first kappa shape index (κ1) is 9.98. The van der Waals surface area contributed by atoms with Crippen LogP contribution in [0.3, 0.4) is 0 Å². The second-order valence-corrected chi connectivity index (χ2v) is 3.75. The predicted molar refractivity (Wildman–Crippen MR) is 51.7 cm³/mol. The van der Waals surface area contributed by atoms with Gasteiger partial charge in [0.05, 0.1) is 0 Å². The standard InChI is InChI=1S/C8H10N2O2S/c1-3-4-10-7(12)6(9)13-8(10)5(2)11/h3,8-9H,1,4H2,2H3. The number of amides is 1. The van der Waals surface area contributed by atoms with Crippen molar-refractivity contribution < 1.29 is 9.59 Å². The quantitative estimate of drug-likeness (QED) is 0.677. The van der Waals surface area contributed by atoms with Crippen LogP contribution in [0.4, 0.5) is 0 Å². The lowest BCUT2D eigenvalue weighted by molar-refractivity contribution is -0.129. The topological polar surface area (TPSA) is 61.2 Å². The smallest absolute Gasteiger partial charge is 0.280 e. The van der Waals surface area contributed by atoms with Crippen molar-refractivity contribution in [2.75, 3.05) is 6.54 Å². The van der Waals surface area contributed by atoms with E-state index in [1.165, 1.54) is 11.8 Å². The van der Waals surface area contributed by atoms with Gasteiger partial charge in [-0.2, -0.15) is 0 Å². The molecule has 1 aliphatic heterocycles. The summed E-state index contributed by atoms with van der Waals surface area (Å²) in [7, 11) is 0. The minimum Gasteiger partial charge on any atom is -0.314 e. The van der Waals surface area contributed by atoms with E-state index in [4.69, 9.17) is 5.41 Å². The lowest BCUT2D eigenvalue weighted by Gasteiger charge is -2.18. The molecule has 0 saturated carbocycles. The first-order chi connectivity index (χ1) is 6.07. The Labute approximate surface area is 80.5 Å². The highest BCUT2D eigenvalue weighted by molar-refractivity contribution is 8.17. The van der Waals surface area contributed by atoms with Crippen molar-refractivity contribution in [3.63, 3.8) is 0 Å². The molecule has 4 nitrogen and oxygen atoms in total. The van der Waals surface area contributed by atoms with Gasteiger partial charge in [0.2, 0.25) is 0 Å². The van der Waals surface area contributed by atoms with E-state index in [1.807, 2.05) is 0 Å². The lowest BCUT2D eigenvalue weighted by atomic mass is 10.3. The van der Waals surface area contributed by atoms with E-state index < -0.39 is 5.37 Å². The molecule has 1 atom stereocenters. The van der Waals surface area contributed by atoms with Gasteiger partial charge in [-0.05, 0) is 6.92 Å². The molecule has 0 aromatic carbocycles. The molecule has 1 heterocycles. The van der Waals surface area contributed by atoms with Crippen LogP contribution in [0, 0.1) is 5.41 Å². The molecular formula is C8H10N2O2S. The van der Waals surface area contributed by atoms with Gasteiger partial charge in [-0.25, -0.2) is 0 Å². The fourth-order valence-corrected chi connectivity index (χ4v) is 2.00. The zero-order valence-corrected chi connectivity index (χ0v) is 8.06. The van der Waals surface area contributed by atoms with Gasteiger partial charge in [0, 0.05) is 6.54 Å². The molecular weight excluding hydrogens is 188 g/mol. The van der Waals surface area contributed by atoms with Gasteiger partial charge in [0.15, 0.2) is 10.8 Å². The highest BCUT2D eigenvalue weighted by Crippen LogP contribution is 2.26. The van der Waals surface area contributed by atoms with Crippen molar-refractivity contribution in [3.8, 4) is 0 Å². The fourth-order valence-electron chi connectivity index (χ4n) is 1.08. The Morgan fingerprint density at radius 1 is 1.85 bits per heavy atom. The third-order valence-electron chi connectivity index (χ3n) is 1.64. The number of hydrogen-bond donors (Lipinski definition) is 1. The van der Waals surface area contributed by atoms with Gasteiger partial charge in [-0.3, -0.25) is 15.0 Å². The number of hydrogen-bond acceptors (Lipinski definition) is 4. The molecule has 1 amide bonds. The molecule has 1 N–H and O–H groups in total. The minimum absolute atomic E-state index is 0.0675. The van der Waals surface area contributed by atoms with Crippen LogP contribution in [0.5, 0.6) is 0 Å². The van der Waals surface area contributed by atoms with Crippen molar-refractivity contribution in [2.24, 2.45) is 0 Å². The summed E-state index contributed by atoms with van der Waals surface area (Å²) in [5, 5.41) is 6.68. The number of nitrogens with zero attached hydrogens (tertiary/aromatic N) is 1. The van der Waals surface area contributed by atoms with Crippen LogP contribution in [0.15, 0.2) is 12.7 Å². The SMILES string of the molecule is C=CCN1C(=O)C(=N)SC1C(C)=O. The number of rotatable bonds is 3. The van der Waals surface area contributed by atoms with Crippen LogP contribution in [0.1, 0.15) is 6.92 Å². The molecule has 1 aliphatic rings. The Bertz CT molecular complexity index is 288. The third kappa shape index (κ3) is 1.80. The largest absolute Gasteiger partial charge is 0.314 e. The molecule has 0 bridgehead atoms. The average molecular weight is 198 g/mol. The van der Waals surface area contributed by atoms with Crippen LogP contribution in [-0.2, 0) is 9.59 Å².